The molecule has 5 heteroatoms. The van der Waals surface area contributed by atoms with Crippen molar-refractivity contribution in [1.82, 2.24) is 0 Å². The molecule has 0 aliphatic carbocycles. The molecule has 0 amide bonds. The van der Waals surface area contributed by atoms with Gasteiger partial charge < -0.3 is 14.6 Å². The third-order valence-electron chi connectivity index (χ3n) is 1.03. The lowest BCUT2D eigenvalue weighted by atomic mass is 10.4. The summed E-state index contributed by atoms with van der Waals surface area (Å²) in [4.78, 5) is 10.6. The normalized spacial score (nSPS) is 12.6. The predicted octanol–water partition coefficient (Wildman–Crippen LogP) is 0.166. The molecule has 0 aromatic heterocycles. The molecule has 0 heterocycles. The number of aliphatic hydroxyl groups is 1. The van der Waals surface area contributed by atoms with Crippen LogP contribution in [-0.4, -0.2) is 42.9 Å². The molecule has 0 saturated carbocycles. The van der Waals surface area contributed by atoms with E-state index in [0.717, 1.165) is 0 Å². The number of ether oxygens (including phenoxy) is 2. The van der Waals surface area contributed by atoms with Gasteiger partial charge in [-0.3, -0.25) is 0 Å². The third kappa shape index (κ3) is 6.39. The van der Waals surface area contributed by atoms with E-state index in [4.69, 9.17) is 21.4 Å². The van der Waals surface area contributed by atoms with E-state index in [-0.39, 0.29) is 6.61 Å². The molecule has 0 fully saturated rings. The van der Waals surface area contributed by atoms with E-state index < -0.39 is 12.1 Å². The number of hydrogen-bond acceptors (Lipinski definition) is 4. The molecule has 12 heavy (non-hydrogen) atoms. The van der Waals surface area contributed by atoms with Crippen molar-refractivity contribution in [3.05, 3.63) is 0 Å². The largest absolute Gasteiger partial charge is 0.461 e. The van der Waals surface area contributed by atoms with Gasteiger partial charge in [-0.2, -0.15) is 0 Å². The number of aliphatic hydroxyl groups excluding tert-OH is 1. The molecule has 0 aliphatic rings. The first-order valence-corrected chi connectivity index (χ1v) is 4.20. The molecule has 0 rings (SSSR count). The number of carbonyl (C=O) groups excluding carboxylic acids is 1. The molecule has 1 atom stereocenters. The topological polar surface area (TPSA) is 55.8 Å². The average Bonchev–Trinajstić information content (AvgIpc) is 2.03. The summed E-state index contributed by atoms with van der Waals surface area (Å²) in [5, 5.41) is 8.69. The fourth-order valence-corrected chi connectivity index (χ4v) is 0.588. The van der Waals surface area contributed by atoms with Crippen molar-refractivity contribution >= 4 is 17.6 Å². The van der Waals surface area contributed by atoms with E-state index in [2.05, 4.69) is 4.74 Å². The number of esters is 1. The minimum atomic E-state index is -1.07. The number of halogens is 1. The van der Waals surface area contributed by atoms with Gasteiger partial charge in [0.05, 0.1) is 13.2 Å². The molecule has 0 spiro atoms. The summed E-state index contributed by atoms with van der Waals surface area (Å²) in [6.07, 6.45) is -1.07. The van der Waals surface area contributed by atoms with Gasteiger partial charge in [-0.05, 0) is 6.92 Å². The molecule has 72 valence electrons. The number of rotatable bonds is 6. The zero-order valence-electron chi connectivity index (χ0n) is 6.96. The SMILES string of the molecule is C[C@H](O)C(=O)OCCOCCCl. The molecular weight excluding hydrogens is 184 g/mol. The molecule has 1 N–H and O–H groups in total. The van der Waals surface area contributed by atoms with Crippen LogP contribution in [-0.2, 0) is 14.3 Å². The monoisotopic (exact) mass is 196 g/mol. The first-order chi connectivity index (χ1) is 5.68. The quantitative estimate of drug-likeness (QED) is 0.374. The van der Waals surface area contributed by atoms with Crippen LogP contribution in [0.3, 0.4) is 0 Å². The second-order valence-corrected chi connectivity index (χ2v) is 2.52. The van der Waals surface area contributed by atoms with Gasteiger partial charge in [-0.25, -0.2) is 4.79 Å². The molecular formula is C7H13ClO4. The van der Waals surface area contributed by atoms with Crippen LogP contribution < -0.4 is 0 Å². The molecule has 4 nitrogen and oxygen atoms in total. The van der Waals surface area contributed by atoms with E-state index in [1.54, 1.807) is 0 Å². The highest BCUT2D eigenvalue weighted by Crippen LogP contribution is 1.87. The van der Waals surface area contributed by atoms with Gasteiger partial charge in [0.1, 0.15) is 12.7 Å². The smallest absolute Gasteiger partial charge is 0.334 e. The van der Waals surface area contributed by atoms with Gasteiger partial charge >= 0.3 is 5.97 Å². The third-order valence-corrected chi connectivity index (χ3v) is 1.19. The van der Waals surface area contributed by atoms with Crippen molar-refractivity contribution in [3.8, 4) is 0 Å². The molecule has 0 saturated heterocycles. The van der Waals surface area contributed by atoms with Gasteiger partial charge in [0, 0.05) is 5.88 Å². The average molecular weight is 197 g/mol. The fourth-order valence-electron chi connectivity index (χ4n) is 0.478. The molecule has 0 bridgehead atoms. The Kier molecular flexibility index (Phi) is 7.14. The Morgan fingerprint density at radius 2 is 2.17 bits per heavy atom. The van der Waals surface area contributed by atoms with Gasteiger partial charge in [0.25, 0.3) is 0 Å². The zero-order valence-corrected chi connectivity index (χ0v) is 7.71. The lowest BCUT2D eigenvalue weighted by Crippen LogP contribution is -2.21. The minimum Gasteiger partial charge on any atom is -0.461 e. The standard InChI is InChI=1S/C7H13ClO4/c1-6(9)7(10)12-5-4-11-3-2-8/h6,9H,2-5H2,1H3/t6-/m0/s1. The van der Waals surface area contributed by atoms with Crippen LogP contribution in [0.25, 0.3) is 0 Å². The summed E-state index contributed by atoms with van der Waals surface area (Å²) >= 11 is 5.32. The highest BCUT2D eigenvalue weighted by Gasteiger charge is 2.08. The van der Waals surface area contributed by atoms with Crippen LogP contribution in [0.1, 0.15) is 6.92 Å². The Morgan fingerprint density at radius 3 is 2.67 bits per heavy atom. The number of hydrogen-bond donors (Lipinski definition) is 1. The summed E-state index contributed by atoms with van der Waals surface area (Å²) < 4.78 is 9.52. The van der Waals surface area contributed by atoms with E-state index in [1.807, 2.05) is 0 Å². The molecule has 0 aromatic rings. The molecule has 0 aliphatic heterocycles. The second kappa shape index (κ2) is 7.34. The summed E-state index contributed by atoms with van der Waals surface area (Å²) in [6, 6.07) is 0. The van der Waals surface area contributed by atoms with E-state index in [1.165, 1.54) is 6.92 Å². The van der Waals surface area contributed by atoms with Crippen molar-refractivity contribution in [2.24, 2.45) is 0 Å². The van der Waals surface area contributed by atoms with Gasteiger partial charge in [-0.15, -0.1) is 11.6 Å². The Balaban J connectivity index is 3.14. The van der Waals surface area contributed by atoms with Crippen LogP contribution in [0.2, 0.25) is 0 Å². The number of carbonyl (C=O) groups is 1. The minimum absolute atomic E-state index is 0.153. The Hall–Kier alpha value is -0.320. The van der Waals surface area contributed by atoms with Crippen LogP contribution in [0, 0.1) is 0 Å². The van der Waals surface area contributed by atoms with Crippen LogP contribution in [0.4, 0.5) is 0 Å². The Bertz CT molecular complexity index is 127. The highest BCUT2D eigenvalue weighted by molar-refractivity contribution is 6.17. The first kappa shape index (κ1) is 11.7. The van der Waals surface area contributed by atoms with Gasteiger partial charge in [0.15, 0.2) is 0 Å². The lowest BCUT2D eigenvalue weighted by Gasteiger charge is -2.05. The fraction of sp³-hybridized carbons (Fsp3) is 0.857. The van der Waals surface area contributed by atoms with Crippen molar-refractivity contribution in [2.75, 3.05) is 25.7 Å². The summed E-state index contributed by atoms with van der Waals surface area (Å²) in [7, 11) is 0. The second-order valence-electron chi connectivity index (χ2n) is 2.14. The van der Waals surface area contributed by atoms with E-state index in [9.17, 15) is 4.79 Å². The summed E-state index contributed by atoms with van der Waals surface area (Å²) in [5.74, 6) is -0.214. The maximum atomic E-state index is 10.6. The molecule has 0 aromatic carbocycles. The maximum absolute atomic E-state index is 10.6. The van der Waals surface area contributed by atoms with Crippen LogP contribution in [0.5, 0.6) is 0 Å². The first-order valence-electron chi connectivity index (χ1n) is 3.67. The van der Waals surface area contributed by atoms with Crippen LogP contribution in [0.15, 0.2) is 0 Å². The summed E-state index contributed by atoms with van der Waals surface area (Å²) in [5.41, 5.74) is 0. The van der Waals surface area contributed by atoms with Crippen molar-refractivity contribution < 1.29 is 19.4 Å². The summed E-state index contributed by atoms with van der Waals surface area (Å²) in [6.45, 7) is 2.25. The van der Waals surface area contributed by atoms with Crippen molar-refractivity contribution in [1.29, 1.82) is 0 Å². The van der Waals surface area contributed by atoms with Crippen LogP contribution >= 0.6 is 11.6 Å². The molecule has 0 unspecified atom stereocenters. The van der Waals surface area contributed by atoms with E-state index in [0.29, 0.717) is 19.1 Å². The van der Waals surface area contributed by atoms with Crippen molar-refractivity contribution in [2.45, 2.75) is 13.0 Å². The van der Waals surface area contributed by atoms with E-state index >= 15 is 0 Å². The predicted molar refractivity (Wildman–Crippen MR) is 44.2 cm³/mol. The lowest BCUT2D eigenvalue weighted by molar-refractivity contribution is -0.153. The zero-order chi connectivity index (χ0) is 9.40. The Labute approximate surface area is 76.4 Å². The molecule has 0 radical (unpaired) electrons. The highest BCUT2D eigenvalue weighted by atomic mass is 35.5. The Morgan fingerprint density at radius 1 is 1.50 bits per heavy atom. The van der Waals surface area contributed by atoms with Crippen molar-refractivity contribution in [3.63, 3.8) is 0 Å². The number of alkyl halides is 1. The van der Waals surface area contributed by atoms with Gasteiger partial charge in [0.2, 0.25) is 0 Å². The maximum Gasteiger partial charge on any atom is 0.334 e. The van der Waals surface area contributed by atoms with Gasteiger partial charge in [-0.1, -0.05) is 0 Å².